The molecule has 96 valence electrons. The molecule has 6 nitrogen and oxygen atoms in total. The van der Waals surface area contributed by atoms with E-state index in [4.69, 9.17) is 9.52 Å². The molecule has 1 aliphatic rings. The second kappa shape index (κ2) is 4.24. The number of nitrogens with one attached hydrogen (secondary N) is 1. The van der Waals surface area contributed by atoms with Crippen molar-refractivity contribution in [3.8, 4) is 11.3 Å². The van der Waals surface area contributed by atoms with Gasteiger partial charge in [-0.3, -0.25) is 4.79 Å². The van der Waals surface area contributed by atoms with Crippen LogP contribution in [0.3, 0.4) is 0 Å². The molecular formula is C13H10N2O4. The molecule has 1 aromatic heterocycles. The Morgan fingerprint density at radius 1 is 1.37 bits per heavy atom. The predicted octanol–water partition coefficient (Wildman–Crippen LogP) is 1.92. The first kappa shape index (κ1) is 11.5. The zero-order valence-corrected chi connectivity index (χ0v) is 9.84. The Morgan fingerprint density at radius 3 is 3.00 bits per heavy atom. The number of oxazole rings is 1. The van der Waals surface area contributed by atoms with E-state index < -0.39 is 5.97 Å². The number of aryl methyl sites for hydroxylation is 1. The molecule has 19 heavy (non-hydrogen) atoms. The lowest BCUT2D eigenvalue weighted by atomic mass is 9.99. The summed E-state index contributed by atoms with van der Waals surface area (Å²) in [6.45, 7) is 0. The van der Waals surface area contributed by atoms with Gasteiger partial charge >= 0.3 is 5.97 Å². The number of fused-ring (bicyclic) bond motifs is 1. The third kappa shape index (κ3) is 1.97. The predicted molar refractivity (Wildman–Crippen MR) is 65.8 cm³/mol. The Kier molecular flexibility index (Phi) is 2.56. The van der Waals surface area contributed by atoms with E-state index in [-0.39, 0.29) is 11.7 Å². The number of anilines is 1. The molecule has 0 saturated heterocycles. The van der Waals surface area contributed by atoms with Gasteiger partial charge in [-0.2, -0.15) is 0 Å². The van der Waals surface area contributed by atoms with Crippen LogP contribution in [-0.2, 0) is 11.2 Å². The van der Waals surface area contributed by atoms with Gasteiger partial charge in [-0.1, -0.05) is 6.07 Å². The Balaban J connectivity index is 2.05. The quantitative estimate of drug-likeness (QED) is 0.858. The van der Waals surface area contributed by atoms with Crippen LogP contribution < -0.4 is 5.32 Å². The van der Waals surface area contributed by atoms with Crippen LogP contribution in [-0.4, -0.2) is 22.0 Å². The highest BCUT2D eigenvalue weighted by atomic mass is 16.4. The van der Waals surface area contributed by atoms with Crippen molar-refractivity contribution in [2.24, 2.45) is 0 Å². The van der Waals surface area contributed by atoms with Gasteiger partial charge in [0.2, 0.25) is 11.7 Å². The number of aromatic carboxylic acids is 1. The average molecular weight is 258 g/mol. The summed E-state index contributed by atoms with van der Waals surface area (Å²) in [5, 5.41) is 11.8. The van der Waals surface area contributed by atoms with Gasteiger partial charge in [0.15, 0.2) is 6.39 Å². The van der Waals surface area contributed by atoms with Crippen molar-refractivity contribution in [1.82, 2.24) is 4.98 Å². The number of rotatable bonds is 2. The maximum Gasteiger partial charge on any atom is 0.374 e. The summed E-state index contributed by atoms with van der Waals surface area (Å²) in [5.74, 6) is -1.34. The summed E-state index contributed by atoms with van der Waals surface area (Å²) in [7, 11) is 0. The van der Waals surface area contributed by atoms with Crippen molar-refractivity contribution in [3.05, 3.63) is 35.9 Å². The lowest BCUT2D eigenvalue weighted by Gasteiger charge is -2.17. The van der Waals surface area contributed by atoms with E-state index in [1.165, 1.54) is 0 Å². The minimum Gasteiger partial charge on any atom is -0.475 e. The van der Waals surface area contributed by atoms with Crippen LogP contribution in [0.1, 0.15) is 22.5 Å². The third-order valence-electron chi connectivity index (χ3n) is 3.04. The van der Waals surface area contributed by atoms with E-state index in [2.05, 4.69) is 10.3 Å². The number of hydrogen-bond acceptors (Lipinski definition) is 4. The number of carboxylic acids is 1. The van der Waals surface area contributed by atoms with Crippen molar-refractivity contribution in [3.63, 3.8) is 0 Å². The molecule has 2 N–H and O–H groups in total. The number of hydrogen-bond donors (Lipinski definition) is 2. The van der Waals surface area contributed by atoms with Crippen LogP contribution in [0.25, 0.3) is 11.3 Å². The number of benzene rings is 1. The van der Waals surface area contributed by atoms with Crippen molar-refractivity contribution < 1.29 is 19.1 Å². The molecule has 3 rings (SSSR count). The van der Waals surface area contributed by atoms with Gasteiger partial charge in [0, 0.05) is 17.7 Å². The summed E-state index contributed by atoms with van der Waals surface area (Å²) in [4.78, 5) is 26.2. The monoisotopic (exact) mass is 258 g/mol. The van der Waals surface area contributed by atoms with Gasteiger partial charge < -0.3 is 14.8 Å². The summed E-state index contributed by atoms with van der Waals surface area (Å²) < 4.78 is 4.86. The maximum atomic E-state index is 11.3. The summed E-state index contributed by atoms with van der Waals surface area (Å²) in [6.07, 6.45) is 2.18. The highest BCUT2D eigenvalue weighted by Crippen LogP contribution is 2.29. The molecule has 0 atom stereocenters. The first-order valence-electron chi connectivity index (χ1n) is 5.75. The van der Waals surface area contributed by atoms with Gasteiger partial charge in [-0.15, -0.1) is 0 Å². The molecule has 0 unspecified atom stereocenters. The zero-order valence-electron chi connectivity index (χ0n) is 9.84. The van der Waals surface area contributed by atoms with Crippen molar-refractivity contribution in [2.75, 3.05) is 5.32 Å². The molecule has 1 aromatic carbocycles. The fourth-order valence-corrected chi connectivity index (χ4v) is 2.13. The van der Waals surface area contributed by atoms with Crippen LogP contribution in [0.2, 0.25) is 0 Å². The topological polar surface area (TPSA) is 92.4 Å². The van der Waals surface area contributed by atoms with Gasteiger partial charge in [0.1, 0.15) is 5.69 Å². The van der Waals surface area contributed by atoms with E-state index in [9.17, 15) is 9.59 Å². The van der Waals surface area contributed by atoms with E-state index >= 15 is 0 Å². The fourth-order valence-electron chi connectivity index (χ4n) is 2.13. The molecule has 0 fully saturated rings. The number of carboxylic acid groups (broad SMARTS) is 1. The van der Waals surface area contributed by atoms with Crippen LogP contribution in [0, 0.1) is 0 Å². The minimum atomic E-state index is -1.15. The third-order valence-corrected chi connectivity index (χ3v) is 3.04. The largest absolute Gasteiger partial charge is 0.475 e. The fraction of sp³-hybridized carbons (Fsp3) is 0.154. The highest BCUT2D eigenvalue weighted by Gasteiger charge is 2.20. The van der Waals surface area contributed by atoms with Crippen LogP contribution in [0.15, 0.2) is 29.0 Å². The minimum absolute atomic E-state index is 0.00656. The van der Waals surface area contributed by atoms with Crippen molar-refractivity contribution in [2.45, 2.75) is 12.8 Å². The van der Waals surface area contributed by atoms with Crippen LogP contribution in [0.4, 0.5) is 5.69 Å². The molecule has 0 radical (unpaired) electrons. The van der Waals surface area contributed by atoms with Gasteiger partial charge in [-0.05, 0) is 24.1 Å². The number of carbonyl (C=O) groups excluding carboxylic acids is 1. The normalized spacial score (nSPS) is 13.8. The second-order valence-electron chi connectivity index (χ2n) is 4.26. The summed E-state index contributed by atoms with van der Waals surface area (Å²) >= 11 is 0. The van der Waals surface area contributed by atoms with Crippen molar-refractivity contribution >= 4 is 17.6 Å². The summed E-state index contributed by atoms with van der Waals surface area (Å²) in [6, 6.07) is 5.30. The Hall–Kier alpha value is -2.63. The zero-order chi connectivity index (χ0) is 13.4. The van der Waals surface area contributed by atoms with Gasteiger partial charge in [0.25, 0.3) is 0 Å². The van der Waals surface area contributed by atoms with E-state index in [1.54, 1.807) is 12.1 Å². The molecule has 0 bridgehead atoms. The Morgan fingerprint density at radius 2 is 2.21 bits per heavy atom. The molecule has 2 aromatic rings. The lowest BCUT2D eigenvalue weighted by molar-refractivity contribution is -0.116. The van der Waals surface area contributed by atoms with E-state index in [0.717, 1.165) is 17.6 Å². The van der Waals surface area contributed by atoms with E-state index in [1.807, 2.05) is 6.07 Å². The molecule has 6 heteroatoms. The molecule has 0 saturated carbocycles. The Bertz CT molecular complexity index is 675. The molecule has 1 amide bonds. The van der Waals surface area contributed by atoms with Gasteiger partial charge in [-0.25, -0.2) is 9.78 Å². The number of nitrogens with zero attached hydrogens (tertiary/aromatic N) is 1. The van der Waals surface area contributed by atoms with Crippen molar-refractivity contribution in [1.29, 1.82) is 0 Å². The van der Waals surface area contributed by atoms with Gasteiger partial charge in [0.05, 0.1) is 0 Å². The molecule has 2 heterocycles. The Labute approximate surface area is 108 Å². The summed E-state index contributed by atoms with van der Waals surface area (Å²) in [5.41, 5.74) is 2.70. The maximum absolute atomic E-state index is 11.3. The number of amides is 1. The van der Waals surface area contributed by atoms with E-state index in [0.29, 0.717) is 24.1 Å². The molecule has 0 aliphatic carbocycles. The first-order chi connectivity index (χ1) is 9.15. The average Bonchev–Trinajstić information content (AvgIpc) is 2.87. The second-order valence-corrected chi connectivity index (χ2v) is 4.26. The first-order valence-corrected chi connectivity index (χ1v) is 5.75. The smallest absolute Gasteiger partial charge is 0.374 e. The highest BCUT2D eigenvalue weighted by molar-refractivity contribution is 5.95. The molecule has 0 spiro atoms. The number of carbonyl (C=O) groups is 2. The standard InChI is InChI=1S/C13H10N2O4/c16-10-4-2-7-5-8(1-3-9(7)15-10)11-12(13(17)18)19-6-14-11/h1,3,5-6H,2,4H2,(H,15,16)(H,17,18). The molecule has 1 aliphatic heterocycles. The molecular weight excluding hydrogens is 248 g/mol. The lowest BCUT2D eigenvalue weighted by Crippen LogP contribution is -2.18. The number of aromatic nitrogens is 1. The SMILES string of the molecule is O=C1CCc2cc(-c3ncoc3C(=O)O)ccc2N1. The van der Waals surface area contributed by atoms with Crippen LogP contribution in [0.5, 0.6) is 0 Å². The van der Waals surface area contributed by atoms with Crippen LogP contribution >= 0.6 is 0 Å².